The van der Waals surface area contributed by atoms with Gasteiger partial charge in [-0.05, 0) is 0 Å². The molecule has 3 rings (SSSR count). The maximum absolute atomic E-state index is 11.5. The van der Waals surface area contributed by atoms with Crippen LogP contribution in [0, 0.1) is 0 Å². The minimum Gasteiger partial charge on any atom is -0.394 e. The summed E-state index contributed by atoms with van der Waals surface area (Å²) in [6, 6.07) is 0. The Bertz CT molecular complexity index is 653. The minimum absolute atomic E-state index is 0.235. The molecule has 0 radical (unpaired) electrons. The third kappa shape index (κ3) is 1.75. The number of aromatic amines is 1. The van der Waals surface area contributed by atoms with E-state index >= 15 is 0 Å². The summed E-state index contributed by atoms with van der Waals surface area (Å²) in [4.78, 5) is 17.9. The van der Waals surface area contributed by atoms with Gasteiger partial charge in [-0.3, -0.25) is 4.79 Å². The first-order valence-corrected chi connectivity index (χ1v) is 5.67. The molecule has 0 aromatic carbocycles. The predicted molar refractivity (Wildman–Crippen MR) is 61.2 cm³/mol. The number of nitrogens with zero attached hydrogens (tertiary/aromatic N) is 3. The van der Waals surface area contributed by atoms with Gasteiger partial charge in [0.15, 0.2) is 11.9 Å². The monoisotopic (exact) mass is 268 g/mol. The van der Waals surface area contributed by atoms with E-state index in [1.165, 1.54) is 17.2 Å². The largest absolute Gasteiger partial charge is 0.394 e. The maximum atomic E-state index is 11.5. The van der Waals surface area contributed by atoms with E-state index in [1.807, 2.05) is 0 Å². The second-order valence-corrected chi connectivity index (χ2v) is 4.29. The summed E-state index contributed by atoms with van der Waals surface area (Å²) in [7, 11) is 0. The summed E-state index contributed by atoms with van der Waals surface area (Å²) >= 11 is 0. The van der Waals surface area contributed by atoms with Crippen molar-refractivity contribution >= 4 is 11.0 Å². The molecule has 2 aromatic heterocycles. The second kappa shape index (κ2) is 4.38. The van der Waals surface area contributed by atoms with Crippen LogP contribution in [-0.4, -0.2) is 60.0 Å². The van der Waals surface area contributed by atoms with Crippen LogP contribution in [0.4, 0.5) is 0 Å². The average molecular weight is 268 g/mol. The molecule has 1 aliphatic rings. The van der Waals surface area contributed by atoms with Gasteiger partial charge in [-0.2, -0.15) is 5.10 Å². The van der Waals surface area contributed by atoms with Crippen molar-refractivity contribution in [3.05, 3.63) is 22.9 Å². The Morgan fingerprint density at radius 2 is 2.21 bits per heavy atom. The molecule has 0 bridgehead atoms. The van der Waals surface area contributed by atoms with Gasteiger partial charge in [0, 0.05) is 0 Å². The molecule has 4 atom stereocenters. The van der Waals surface area contributed by atoms with Crippen molar-refractivity contribution in [3.63, 3.8) is 0 Å². The zero-order valence-corrected chi connectivity index (χ0v) is 9.67. The van der Waals surface area contributed by atoms with Crippen LogP contribution in [0.1, 0.15) is 6.23 Å². The van der Waals surface area contributed by atoms with Crippen LogP contribution >= 0.6 is 0 Å². The van der Waals surface area contributed by atoms with Gasteiger partial charge in [-0.1, -0.05) is 0 Å². The van der Waals surface area contributed by atoms with Crippen LogP contribution in [0.3, 0.4) is 0 Å². The molecule has 0 saturated carbocycles. The SMILES string of the molecule is O=c1[nH]cnc2c1cnn2[C@H]1O[C@@H](CO)[C@@H](O)[C@@H]1O. The van der Waals surface area contributed by atoms with E-state index in [2.05, 4.69) is 15.1 Å². The number of aliphatic hydroxyl groups excluding tert-OH is 3. The third-order valence-electron chi connectivity index (χ3n) is 3.15. The topological polar surface area (TPSA) is 133 Å². The summed E-state index contributed by atoms with van der Waals surface area (Å²) in [5.74, 6) is 0. The summed E-state index contributed by atoms with van der Waals surface area (Å²) < 4.78 is 6.54. The standard InChI is InChI=1S/C10H12N4O5/c15-2-5-6(16)7(17)10(19-5)14-8-4(1-13-14)9(18)12-3-11-8/h1,3,5-7,10,15-17H,2H2,(H,11,12,18)/t5-,6+,7-,10-/m0/s1. The number of H-pyrrole nitrogens is 1. The van der Waals surface area contributed by atoms with Crippen LogP contribution in [0.5, 0.6) is 0 Å². The molecule has 3 heterocycles. The molecule has 0 amide bonds. The van der Waals surface area contributed by atoms with Crippen LogP contribution in [0.25, 0.3) is 11.0 Å². The van der Waals surface area contributed by atoms with E-state index < -0.39 is 31.1 Å². The highest BCUT2D eigenvalue weighted by molar-refractivity contribution is 5.72. The van der Waals surface area contributed by atoms with E-state index in [1.54, 1.807) is 0 Å². The molecule has 1 saturated heterocycles. The Hall–Kier alpha value is -1.81. The van der Waals surface area contributed by atoms with Crippen LogP contribution in [0.15, 0.2) is 17.3 Å². The molecule has 1 fully saturated rings. The normalized spacial score (nSPS) is 31.1. The Morgan fingerprint density at radius 1 is 1.42 bits per heavy atom. The van der Waals surface area contributed by atoms with E-state index in [4.69, 9.17) is 9.84 Å². The number of hydrogen-bond donors (Lipinski definition) is 4. The quantitative estimate of drug-likeness (QED) is 0.482. The summed E-state index contributed by atoms with van der Waals surface area (Å²) in [6.07, 6.45) is -1.88. The summed E-state index contributed by atoms with van der Waals surface area (Å²) in [5, 5.41) is 32.8. The first-order chi connectivity index (χ1) is 9.13. The number of ether oxygens (including phenoxy) is 1. The van der Waals surface area contributed by atoms with Crippen molar-refractivity contribution in [2.24, 2.45) is 0 Å². The Labute approximate surface area is 106 Å². The molecule has 102 valence electrons. The Morgan fingerprint density at radius 3 is 2.89 bits per heavy atom. The Balaban J connectivity index is 2.06. The second-order valence-electron chi connectivity index (χ2n) is 4.29. The van der Waals surface area contributed by atoms with E-state index in [-0.39, 0.29) is 16.6 Å². The fraction of sp³-hybridized carbons (Fsp3) is 0.500. The number of aliphatic hydroxyl groups is 3. The molecule has 19 heavy (non-hydrogen) atoms. The molecule has 9 heteroatoms. The van der Waals surface area contributed by atoms with E-state index in [0.29, 0.717) is 0 Å². The number of hydrogen-bond acceptors (Lipinski definition) is 7. The lowest BCUT2D eigenvalue weighted by atomic mass is 10.1. The van der Waals surface area contributed by atoms with Gasteiger partial charge in [0.05, 0.1) is 19.1 Å². The first-order valence-electron chi connectivity index (χ1n) is 5.67. The number of fused-ring (bicyclic) bond motifs is 1. The van der Waals surface area contributed by atoms with Gasteiger partial charge in [0.2, 0.25) is 0 Å². The molecule has 0 unspecified atom stereocenters. The molecular weight excluding hydrogens is 256 g/mol. The smallest absolute Gasteiger partial charge is 0.261 e. The Kier molecular flexibility index (Phi) is 2.82. The molecule has 0 aliphatic carbocycles. The van der Waals surface area contributed by atoms with Gasteiger partial charge in [0.25, 0.3) is 5.56 Å². The maximum Gasteiger partial charge on any atom is 0.261 e. The van der Waals surface area contributed by atoms with Crippen molar-refractivity contribution in [1.82, 2.24) is 19.7 Å². The van der Waals surface area contributed by atoms with Gasteiger partial charge in [-0.25, -0.2) is 9.67 Å². The zero-order chi connectivity index (χ0) is 13.6. The van der Waals surface area contributed by atoms with E-state index in [0.717, 1.165) is 0 Å². The lowest BCUT2D eigenvalue weighted by Gasteiger charge is -2.15. The molecule has 2 aromatic rings. The fourth-order valence-electron chi connectivity index (χ4n) is 2.14. The number of aromatic nitrogens is 4. The highest BCUT2D eigenvalue weighted by Gasteiger charge is 2.44. The molecular formula is C10H12N4O5. The first kappa shape index (κ1) is 12.2. The van der Waals surface area contributed by atoms with Crippen LogP contribution in [0.2, 0.25) is 0 Å². The van der Waals surface area contributed by atoms with Gasteiger partial charge >= 0.3 is 0 Å². The van der Waals surface area contributed by atoms with Gasteiger partial charge in [-0.15, -0.1) is 0 Å². The van der Waals surface area contributed by atoms with Crippen LogP contribution in [-0.2, 0) is 4.74 Å². The van der Waals surface area contributed by atoms with Crippen molar-refractivity contribution in [2.75, 3.05) is 6.61 Å². The summed E-state index contributed by atoms with van der Waals surface area (Å²) in [6.45, 7) is -0.429. The average Bonchev–Trinajstić information content (AvgIpc) is 2.94. The van der Waals surface area contributed by atoms with Crippen LogP contribution < -0.4 is 5.56 Å². The number of rotatable bonds is 2. The molecule has 1 aliphatic heterocycles. The minimum atomic E-state index is -1.26. The lowest BCUT2D eigenvalue weighted by molar-refractivity contribution is -0.0566. The van der Waals surface area contributed by atoms with Crippen molar-refractivity contribution in [3.8, 4) is 0 Å². The molecule has 0 spiro atoms. The summed E-state index contributed by atoms with van der Waals surface area (Å²) in [5.41, 5.74) is -0.124. The highest BCUT2D eigenvalue weighted by atomic mass is 16.6. The van der Waals surface area contributed by atoms with Crippen molar-refractivity contribution in [1.29, 1.82) is 0 Å². The molecule has 9 nitrogen and oxygen atoms in total. The molecule has 4 N–H and O–H groups in total. The third-order valence-corrected chi connectivity index (χ3v) is 3.15. The predicted octanol–water partition coefficient (Wildman–Crippen LogP) is -2.27. The van der Waals surface area contributed by atoms with Crippen molar-refractivity contribution < 1.29 is 20.1 Å². The lowest BCUT2D eigenvalue weighted by Crippen LogP contribution is -2.33. The zero-order valence-electron chi connectivity index (χ0n) is 9.67. The fourth-order valence-corrected chi connectivity index (χ4v) is 2.14. The van der Waals surface area contributed by atoms with Gasteiger partial charge in [0.1, 0.15) is 23.7 Å². The van der Waals surface area contributed by atoms with E-state index in [9.17, 15) is 15.0 Å². The van der Waals surface area contributed by atoms with Gasteiger partial charge < -0.3 is 25.0 Å². The highest BCUT2D eigenvalue weighted by Crippen LogP contribution is 2.30. The van der Waals surface area contributed by atoms with Crippen molar-refractivity contribution in [2.45, 2.75) is 24.5 Å². The number of nitrogens with one attached hydrogen (secondary N) is 1.